The van der Waals surface area contributed by atoms with Crippen molar-refractivity contribution < 1.29 is 23.9 Å². The van der Waals surface area contributed by atoms with Gasteiger partial charge in [0.05, 0.1) is 0 Å². The molecule has 9 heteroatoms. The molecule has 0 aliphatic carbocycles. The monoisotopic (exact) mass is 439 g/mol. The van der Waals surface area contributed by atoms with E-state index in [1.807, 2.05) is 0 Å². The number of ether oxygens (including phenoxy) is 2. The van der Waals surface area contributed by atoms with Crippen LogP contribution in [0.4, 0.5) is 4.79 Å². The standard InChI is InChI=1S/C21H30ClN3O5/c1-21(2,3)30-20(28)23-11-8-19(27)25-12-9-16(10-13-25)24-18(26)14-29-17-6-4-15(22)5-7-17/h4-7,16H,8-14H2,1-3H3,(H,23,28)(H,24,26). The van der Waals surface area contributed by atoms with Gasteiger partial charge in [0.25, 0.3) is 5.91 Å². The molecule has 1 aliphatic rings. The Balaban J connectivity index is 1.61. The van der Waals surface area contributed by atoms with Gasteiger partial charge in [-0.2, -0.15) is 0 Å². The number of carbonyl (C=O) groups excluding carboxylic acids is 3. The van der Waals surface area contributed by atoms with Gasteiger partial charge in [0.15, 0.2) is 6.61 Å². The van der Waals surface area contributed by atoms with Crippen LogP contribution in [0, 0.1) is 0 Å². The Kier molecular flexibility index (Phi) is 8.77. The fourth-order valence-corrected chi connectivity index (χ4v) is 3.09. The average molecular weight is 440 g/mol. The molecule has 1 aromatic rings. The van der Waals surface area contributed by atoms with Gasteiger partial charge in [-0.15, -0.1) is 0 Å². The molecular formula is C21H30ClN3O5. The summed E-state index contributed by atoms with van der Waals surface area (Å²) in [4.78, 5) is 37.7. The number of nitrogens with zero attached hydrogens (tertiary/aromatic N) is 1. The third-order valence-corrected chi connectivity index (χ3v) is 4.66. The number of halogens is 1. The van der Waals surface area contributed by atoms with E-state index in [9.17, 15) is 14.4 Å². The first-order valence-electron chi connectivity index (χ1n) is 10.0. The van der Waals surface area contributed by atoms with Gasteiger partial charge in [0.1, 0.15) is 11.4 Å². The SMILES string of the molecule is CC(C)(C)OC(=O)NCCC(=O)N1CCC(NC(=O)COc2ccc(Cl)cc2)CC1. The Hall–Kier alpha value is -2.48. The Morgan fingerprint density at radius 3 is 2.37 bits per heavy atom. The summed E-state index contributed by atoms with van der Waals surface area (Å²) in [6.07, 6.45) is 1.04. The fraction of sp³-hybridized carbons (Fsp3) is 0.571. The summed E-state index contributed by atoms with van der Waals surface area (Å²) in [5.41, 5.74) is -0.569. The Labute approximate surface area is 182 Å². The van der Waals surface area contributed by atoms with E-state index >= 15 is 0 Å². The van der Waals surface area contributed by atoms with Crippen LogP contribution in [0.3, 0.4) is 0 Å². The van der Waals surface area contributed by atoms with Crippen LogP contribution < -0.4 is 15.4 Å². The molecule has 1 fully saturated rings. The molecule has 2 rings (SSSR count). The third-order valence-electron chi connectivity index (χ3n) is 4.40. The first-order chi connectivity index (χ1) is 14.1. The van der Waals surface area contributed by atoms with Crippen molar-refractivity contribution in [2.75, 3.05) is 26.2 Å². The Morgan fingerprint density at radius 1 is 1.13 bits per heavy atom. The summed E-state index contributed by atoms with van der Waals surface area (Å²) >= 11 is 5.82. The maximum absolute atomic E-state index is 12.3. The number of amides is 3. The number of alkyl carbamates (subject to hydrolysis) is 1. The second-order valence-electron chi connectivity index (χ2n) is 8.14. The summed E-state index contributed by atoms with van der Waals surface area (Å²) in [7, 11) is 0. The highest BCUT2D eigenvalue weighted by Gasteiger charge is 2.24. The molecule has 8 nitrogen and oxygen atoms in total. The number of rotatable bonds is 7. The van der Waals surface area contributed by atoms with Crippen LogP contribution in [0.2, 0.25) is 5.02 Å². The molecule has 0 aromatic heterocycles. The van der Waals surface area contributed by atoms with E-state index in [2.05, 4.69) is 10.6 Å². The highest BCUT2D eigenvalue weighted by Crippen LogP contribution is 2.16. The molecule has 0 spiro atoms. The normalized spacial score (nSPS) is 14.7. The minimum atomic E-state index is -0.569. The Morgan fingerprint density at radius 2 is 1.77 bits per heavy atom. The van der Waals surface area contributed by atoms with E-state index in [1.165, 1.54) is 0 Å². The molecule has 0 bridgehead atoms. The van der Waals surface area contributed by atoms with E-state index in [0.717, 1.165) is 0 Å². The van der Waals surface area contributed by atoms with E-state index in [0.29, 0.717) is 36.7 Å². The van der Waals surface area contributed by atoms with Crippen LogP contribution in [0.5, 0.6) is 5.75 Å². The largest absolute Gasteiger partial charge is 0.484 e. The molecule has 1 saturated heterocycles. The van der Waals surface area contributed by atoms with Crippen molar-refractivity contribution in [3.63, 3.8) is 0 Å². The van der Waals surface area contributed by atoms with Gasteiger partial charge in [-0.3, -0.25) is 9.59 Å². The maximum Gasteiger partial charge on any atom is 0.407 e. The Bertz CT molecular complexity index is 725. The van der Waals surface area contributed by atoms with Gasteiger partial charge < -0.3 is 25.0 Å². The summed E-state index contributed by atoms with van der Waals surface area (Å²) in [5.74, 6) is 0.355. The lowest BCUT2D eigenvalue weighted by Gasteiger charge is -2.32. The van der Waals surface area contributed by atoms with E-state index in [1.54, 1.807) is 49.9 Å². The first kappa shape index (κ1) is 23.8. The van der Waals surface area contributed by atoms with Crippen molar-refractivity contribution in [2.24, 2.45) is 0 Å². The molecule has 1 heterocycles. The van der Waals surface area contributed by atoms with E-state index in [-0.39, 0.29) is 37.4 Å². The number of benzene rings is 1. The topological polar surface area (TPSA) is 97.0 Å². The highest BCUT2D eigenvalue weighted by molar-refractivity contribution is 6.30. The van der Waals surface area contributed by atoms with Crippen LogP contribution in [0.25, 0.3) is 0 Å². The van der Waals surface area contributed by atoms with Crippen molar-refractivity contribution in [2.45, 2.75) is 51.7 Å². The zero-order chi connectivity index (χ0) is 22.1. The lowest BCUT2D eigenvalue weighted by Crippen LogP contribution is -2.48. The fourth-order valence-electron chi connectivity index (χ4n) is 2.97. The van der Waals surface area contributed by atoms with Crippen molar-refractivity contribution >= 4 is 29.5 Å². The van der Waals surface area contributed by atoms with Gasteiger partial charge in [-0.1, -0.05) is 11.6 Å². The summed E-state index contributed by atoms with van der Waals surface area (Å²) in [6.45, 7) is 6.63. The third kappa shape index (κ3) is 8.90. The molecule has 2 N–H and O–H groups in total. The van der Waals surface area contributed by atoms with E-state index < -0.39 is 11.7 Å². The number of carbonyl (C=O) groups is 3. The zero-order valence-corrected chi connectivity index (χ0v) is 18.5. The molecule has 3 amide bonds. The molecule has 1 aliphatic heterocycles. The highest BCUT2D eigenvalue weighted by atomic mass is 35.5. The molecular weight excluding hydrogens is 410 g/mol. The number of hydrogen-bond donors (Lipinski definition) is 2. The van der Waals surface area contributed by atoms with Crippen LogP contribution in [-0.2, 0) is 14.3 Å². The predicted molar refractivity (Wildman–Crippen MR) is 114 cm³/mol. The van der Waals surface area contributed by atoms with Gasteiger partial charge in [-0.05, 0) is 57.9 Å². The molecule has 1 aromatic carbocycles. The quantitative estimate of drug-likeness (QED) is 0.680. The number of likely N-dealkylation sites (tertiary alicyclic amines) is 1. The van der Waals surface area contributed by atoms with Crippen molar-refractivity contribution in [3.05, 3.63) is 29.3 Å². The van der Waals surface area contributed by atoms with Crippen LogP contribution >= 0.6 is 11.6 Å². The second kappa shape index (κ2) is 11.1. The molecule has 0 unspecified atom stereocenters. The minimum Gasteiger partial charge on any atom is -0.484 e. The summed E-state index contributed by atoms with van der Waals surface area (Å²) < 4.78 is 10.6. The second-order valence-corrected chi connectivity index (χ2v) is 8.58. The van der Waals surface area contributed by atoms with Crippen molar-refractivity contribution in [3.8, 4) is 5.75 Å². The lowest BCUT2D eigenvalue weighted by atomic mass is 10.0. The van der Waals surface area contributed by atoms with Crippen LogP contribution in [0.1, 0.15) is 40.0 Å². The average Bonchev–Trinajstić information content (AvgIpc) is 2.66. The van der Waals surface area contributed by atoms with Gasteiger partial charge in [-0.25, -0.2) is 4.79 Å². The number of piperidine rings is 1. The maximum atomic E-state index is 12.3. The summed E-state index contributed by atoms with van der Waals surface area (Å²) in [5, 5.41) is 6.13. The van der Waals surface area contributed by atoms with Crippen LogP contribution in [-0.4, -0.2) is 60.7 Å². The molecule has 166 valence electrons. The van der Waals surface area contributed by atoms with E-state index in [4.69, 9.17) is 21.1 Å². The predicted octanol–water partition coefficient (Wildman–Crippen LogP) is 2.74. The minimum absolute atomic E-state index is 0.00950. The van der Waals surface area contributed by atoms with Gasteiger partial charge >= 0.3 is 6.09 Å². The molecule has 0 radical (unpaired) electrons. The van der Waals surface area contributed by atoms with Crippen molar-refractivity contribution in [1.29, 1.82) is 0 Å². The number of hydrogen-bond acceptors (Lipinski definition) is 5. The van der Waals surface area contributed by atoms with Gasteiger partial charge in [0, 0.05) is 37.1 Å². The van der Waals surface area contributed by atoms with Crippen molar-refractivity contribution in [1.82, 2.24) is 15.5 Å². The molecule has 0 saturated carbocycles. The number of nitrogens with one attached hydrogen (secondary N) is 2. The first-order valence-corrected chi connectivity index (χ1v) is 10.4. The molecule has 0 atom stereocenters. The summed E-state index contributed by atoms with van der Waals surface area (Å²) in [6, 6.07) is 6.82. The zero-order valence-electron chi connectivity index (χ0n) is 17.7. The lowest BCUT2D eigenvalue weighted by molar-refractivity contribution is -0.132. The van der Waals surface area contributed by atoms with Gasteiger partial charge in [0.2, 0.25) is 5.91 Å². The smallest absolute Gasteiger partial charge is 0.407 e. The molecule has 30 heavy (non-hydrogen) atoms. The van der Waals surface area contributed by atoms with Crippen LogP contribution in [0.15, 0.2) is 24.3 Å².